The van der Waals surface area contributed by atoms with Crippen LogP contribution in [0.4, 0.5) is 0 Å². The van der Waals surface area contributed by atoms with Gasteiger partial charge in [-0.2, -0.15) is 0 Å². The monoisotopic (exact) mass is 265 g/mol. The van der Waals surface area contributed by atoms with Gasteiger partial charge in [0.25, 0.3) is 0 Å². The zero-order valence-corrected chi connectivity index (χ0v) is 12.2. The molecule has 0 saturated carbocycles. The Labute approximate surface area is 114 Å². The summed E-state index contributed by atoms with van der Waals surface area (Å²) in [6.45, 7) is 4.12. The normalized spacial score (nSPS) is 12.1. The summed E-state index contributed by atoms with van der Waals surface area (Å²) < 4.78 is 10.0. The second-order valence-electron chi connectivity index (χ2n) is 4.78. The molecule has 4 nitrogen and oxygen atoms in total. The molecule has 0 bridgehead atoms. The summed E-state index contributed by atoms with van der Waals surface area (Å²) in [5, 5.41) is 0. The molecule has 0 aliphatic rings. The zero-order valence-electron chi connectivity index (χ0n) is 12.2. The fourth-order valence-corrected chi connectivity index (χ4v) is 2.23. The molecule has 0 radical (unpaired) electrons. The molecule has 0 aliphatic heterocycles. The number of hydrogen-bond donors (Lipinski definition) is 1. The van der Waals surface area contributed by atoms with Gasteiger partial charge < -0.3 is 15.2 Å². The van der Waals surface area contributed by atoms with Crippen LogP contribution in [-0.2, 0) is 16.0 Å². The Kier molecular flexibility index (Phi) is 5.83. The number of carbonyl (C=O) groups is 1. The molecule has 0 saturated heterocycles. The number of nitrogens with two attached hydrogens (primary N) is 1. The number of rotatable bonds is 6. The first kappa shape index (κ1) is 15.5. The lowest BCUT2D eigenvalue weighted by molar-refractivity contribution is -0.142. The van der Waals surface area contributed by atoms with Crippen molar-refractivity contribution >= 4 is 5.97 Å². The third kappa shape index (κ3) is 4.24. The molecule has 4 heteroatoms. The quantitative estimate of drug-likeness (QED) is 0.800. The molecule has 0 heterocycles. The van der Waals surface area contributed by atoms with Crippen LogP contribution in [0.25, 0.3) is 0 Å². The van der Waals surface area contributed by atoms with Crippen molar-refractivity contribution in [3.63, 3.8) is 0 Å². The number of esters is 1. The number of hydrogen-bond acceptors (Lipinski definition) is 4. The summed E-state index contributed by atoms with van der Waals surface area (Å²) in [6.07, 6.45) is 2.29. The van der Waals surface area contributed by atoms with E-state index in [4.69, 9.17) is 10.5 Å². The van der Waals surface area contributed by atoms with Gasteiger partial charge in [0.15, 0.2) is 0 Å². The van der Waals surface area contributed by atoms with Crippen molar-refractivity contribution in [1.29, 1.82) is 0 Å². The molecule has 19 heavy (non-hydrogen) atoms. The Hall–Kier alpha value is -1.55. The van der Waals surface area contributed by atoms with Crippen LogP contribution in [0.5, 0.6) is 5.75 Å². The third-order valence-corrected chi connectivity index (χ3v) is 3.24. The topological polar surface area (TPSA) is 61.5 Å². The van der Waals surface area contributed by atoms with Crippen LogP contribution < -0.4 is 10.5 Å². The van der Waals surface area contributed by atoms with E-state index in [-0.39, 0.29) is 5.97 Å². The summed E-state index contributed by atoms with van der Waals surface area (Å²) >= 11 is 0. The van der Waals surface area contributed by atoms with Crippen molar-refractivity contribution in [3.05, 3.63) is 28.8 Å². The maximum Gasteiger partial charge on any atom is 0.322 e. The van der Waals surface area contributed by atoms with Gasteiger partial charge in [0.05, 0.1) is 14.2 Å². The predicted octanol–water partition coefficient (Wildman–Crippen LogP) is 2.14. The number of methoxy groups -OCH3 is 2. The lowest BCUT2D eigenvalue weighted by Gasteiger charge is -2.14. The molecule has 1 rings (SSSR count). The van der Waals surface area contributed by atoms with E-state index in [1.54, 1.807) is 7.11 Å². The first-order valence-corrected chi connectivity index (χ1v) is 6.47. The highest BCUT2D eigenvalue weighted by molar-refractivity contribution is 5.75. The zero-order chi connectivity index (χ0) is 14.4. The Balaban J connectivity index is 2.65. The van der Waals surface area contributed by atoms with Crippen LogP contribution in [-0.4, -0.2) is 26.2 Å². The molecule has 2 N–H and O–H groups in total. The molecular weight excluding hydrogens is 242 g/mol. The van der Waals surface area contributed by atoms with E-state index in [9.17, 15) is 4.79 Å². The average Bonchev–Trinajstić information content (AvgIpc) is 2.39. The van der Waals surface area contributed by atoms with Crippen LogP contribution in [0.2, 0.25) is 0 Å². The number of benzene rings is 1. The van der Waals surface area contributed by atoms with Crippen LogP contribution in [0.3, 0.4) is 0 Å². The second kappa shape index (κ2) is 7.14. The van der Waals surface area contributed by atoms with E-state index in [1.165, 1.54) is 23.8 Å². The van der Waals surface area contributed by atoms with Gasteiger partial charge in [-0.3, -0.25) is 4.79 Å². The summed E-state index contributed by atoms with van der Waals surface area (Å²) in [5.41, 5.74) is 9.30. The predicted molar refractivity (Wildman–Crippen MR) is 75.4 cm³/mol. The summed E-state index contributed by atoms with van der Waals surface area (Å²) in [4.78, 5) is 11.2. The summed E-state index contributed by atoms with van der Waals surface area (Å²) in [7, 11) is 3.03. The van der Waals surface area contributed by atoms with Crippen molar-refractivity contribution in [1.82, 2.24) is 0 Å². The molecule has 0 fully saturated rings. The Morgan fingerprint density at radius 1 is 1.32 bits per heavy atom. The Morgan fingerprint density at radius 3 is 2.58 bits per heavy atom. The van der Waals surface area contributed by atoms with Gasteiger partial charge in [-0.05, 0) is 55.9 Å². The van der Waals surface area contributed by atoms with E-state index >= 15 is 0 Å². The minimum atomic E-state index is -0.540. The van der Waals surface area contributed by atoms with Gasteiger partial charge in [-0.1, -0.05) is 6.07 Å². The lowest BCUT2D eigenvalue weighted by Crippen LogP contribution is -2.31. The van der Waals surface area contributed by atoms with Crippen molar-refractivity contribution in [2.45, 2.75) is 39.2 Å². The SMILES string of the molecule is COC(=O)C(N)CCCc1c(C)cc(C)cc1OC. The summed E-state index contributed by atoms with van der Waals surface area (Å²) in [5.74, 6) is 0.553. The van der Waals surface area contributed by atoms with Crippen LogP contribution >= 0.6 is 0 Å². The second-order valence-corrected chi connectivity index (χ2v) is 4.78. The number of ether oxygens (including phenoxy) is 2. The van der Waals surface area contributed by atoms with Gasteiger partial charge in [0, 0.05) is 0 Å². The molecule has 1 atom stereocenters. The van der Waals surface area contributed by atoms with E-state index in [2.05, 4.69) is 17.7 Å². The highest BCUT2D eigenvalue weighted by Gasteiger charge is 2.14. The number of aryl methyl sites for hydroxylation is 2. The first-order valence-electron chi connectivity index (χ1n) is 6.47. The molecule has 0 spiro atoms. The Bertz CT molecular complexity index is 443. The molecule has 0 amide bonds. The van der Waals surface area contributed by atoms with Gasteiger partial charge in [0.1, 0.15) is 11.8 Å². The van der Waals surface area contributed by atoms with Gasteiger partial charge >= 0.3 is 5.97 Å². The smallest absolute Gasteiger partial charge is 0.322 e. The van der Waals surface area contributed by atoms with Crippen molar-refractivity contribution in [3.8, 4) is 5.75 Å². The van der Waals surface area contributed by atoms with E-state index in [0.717, 1.165) is 18.6 Å². The van der Waals surface area contributed by atoms with Crippen LogP contribution in [0, 0.1) is 13.8 Å². The standard InChI is InChI=1S/C15H23NO3/c1-10-8-11(2)12(14(9-10)18-3)6-5-7-13(16)15(17)19-4/h8-9,13H,5-7,16H2,1-4H3. The van der Waals surface area contributed by atoms with E-state index < -0.39 is 6.04 Å². The van der Waals surface area contributed by atoms with Crippen LogP contribution in [0.15, 0.2) is 12.1 Å². The lowest BCUT2D eigenvalue weighted by atomic mass is 9.98. The molecule has 1 aromatic carbocycles. The Morgan fingerprint density at radius 2 is 2.00 bits per heavy atom. The molecule has 1 aromatic rings. The largest absolute Gasteiger partial charge is 0.496 e. The van der Waals surface area contributed by atoms with Gasteiger partial charge in [-0.25, -0.2) is 0 Å². The van der Waals surface area contributed by atoms with Gasteiger partial charge in [-0.15, -0.1) is 0 Å². The van der Waals surface area contributed by atoms with Gasteiger partial charge in [0.2, 0.25) is 0 Å². The van der Waals surface area contributed by atoms with E-state index in [1.807, 2.05) is 13.0 Å². The van der Waals surface area contributed by atoms with Crippen molar-refractivity contribution in [2.75, 3.05) is 14.2 Å². The van der Waals surface area contributed by atoms with Crippen LogP contribution in [0.1, 0.15) is 29.5 Å². The third-order valence-electron chi connectivity index (χ3n) is 3.24. The highest BCUT2D eigenvalue weighted by Crippen LogP contribution is 2.25. The van der Waals surface area contributed by atoms with E-state index in [0.29, 0.717) is 6.42 Å². The minimum absolute atomic E-state index is 0.354. The number of carbonyl (C=O) groups excluding carboxylic acids is 1. The minimum Gasteiger partial charge on any atom is -0.496 e. The van der Waals surface area contributed by atoms with Crippen molar-refractivity contribution in [2.24, 2.45) is 5.73 Å². The highest BCUT2D eigenvalue weighted by atomic mass is 16.5. The molecule has 1 unspecified atom stereocenters. The maximum atomic E-state index is 11.2. The molecule has 106 valence electrons. The summed E-state index contributed by atoms with van der Waals surface area (Å²) in [6, 6.07) is 3.63. The fraction of sp³-hybridized carbons (Fsp3) is 0.533. The van der Waals surface area contributed by atoms with Crippen molar-refractivity contribution < 1.29 is 14.3 Å². The fourth-order valence-electron chi connectivity index (χ4n) is 2.23. The molecular formula is C15H23NO3. The molecule has 0 aromatic heterocycles. The molecule has 0 aliphatic carbocycles. The first-order chi connectivity index (χ1) is 8.99. The average molecular weight is 265 g/mol. The maximum absolute atomic E-state index is 11.2.